The minimum absolute atomic E-state index is 0.257. The van der Waals surface area contributed by atoms with Gasteiger partial charge < -0.3 is 9.15 Å². The number of alkyl halides is 1. The number of halogens is 1. The van der Waals surface area contributed by atoms with E-state index >= 15 is 0 Å². The molecule has 1 aromatic rings. The second-order valence-corrected chi connectivity index (χ2v) is 5.53. The molecule has 0 spiro atoms. The normalized spacial score (nSPS) is 19.2. The zero-order valence-corrected chi connectivity index (χ0v) is 10.8. The maximum absolute atomic E-state index is 11.7. The van der Waals surface area contributed by atoms with Crippen LogP contribution in [0.15, 0.2) is 4.42 Å². The van der Waals surface area contributed by atoms with Gasteiger partial charge in [0, 0.05) is 5.92 Å². The second-order valence-electron chi connectivity index (χ2n) is 3.94. The van der Waals surface area contributed by atoms with Crippen molar-refractivity contribution in [2.24, 2.45) is 0 Å². The van der Waals surface area contributed by atoms with E-state index in [1.807, 2.05) is 0 Å². The predicted molar refractivity (Wildman–Crippen MR) is 59.2 cm³/mol. The maximum atomic E-state index is 11.7. The lowest BCUT2D eigenvalue weighted by atomic mass is 10.2. The third-order valence-corrected chi connectivity index (χ3v) is 3.09. The summed E-state index contributed by atoms with van der Waals surface area (Å²) < 4.78 is 9.35. The first kappa shape index (κ1) is 11.6. The Morgan fingerprint density at radius 2 is 2.31 bits per heavy atom. The first-order chi connectivity index (χ1) is 7.55. The topological polar surface area (TPSA) is 65.2 Å². The number of carbonyl (C=O) groups is 1. The summed E-state index contributed by atoms with van der Waals surface area (Å²) >= 11 is 3.27. The summed E-state index contributed by atoms with van der Waals surface area (Å²) in [6.45, 7) is 3.73. The molecule has 1 saturated carbocycles. The molecule has 0 unspecified atom stereocenters. The van der Waals surface area contributed by atoms with Gasteiger partial charge in [0.05, 0.1) is 6.61 Å². The quantitative estimate of drug-likeness (QED) is 0.627. The second kappa shape index (κ2) is 4.16. The lowest BCUT2D eigenvalue weighted by Crippen LogP contribution is -2.28. The molecular weight excluding hydrogens is 276 g/mol. The third-order valence-electron chi connectivity index (χ3n) is 2.43. The summed E-state index contributed by atoms with van der Waals surface area (Å²) in [7, 11) is 0. The van der Waals surface area contributed by atoms with E-state index in [0.717, 1.165) is 12.8 Å². The van der Waals surface area contributed by atoms with E-state index in [-0.39, 0.29) is 5.89 Å². The van der Waals surface area contributed by atoms with Crippen LogP contribution in [-0.2, 0) is 13.9 Å². The van der Waals surface area contributed by atoms with Crippen molar-refractivity contribution in [2.75, 3.05) is 6.61 Å². The molecule has 0 aromatic carbocycles. The summed E-state index contributed by atoms with van der Waals surface area (Å²) in [4.78, 5) is 11.7. The number of aromatic nitrogens is 2. The highest BCUT2D eigenvalue weighted by Gasteiger charge is 2.41. The lowest BCUT2D eigenvalue weighted by Gasteiger charge is -2.15. The minimum Gasteiger partial charge on any atom is -0.465 e. The molecule has 0 aliphatic heterocycles. The molecule has 6 heteroatoms. The van der Waals surface area contributed by atoms with Gasteiger partial charge in [0.25, 0.3) is 0 Å². The largest absolute Gasteiger partial charge is 0.465 e. The molecule has 16 heavy (non-hydrogen) atoms. The summed E-state index contributed by atoms with van der Waals surface area (Å²) in [5, 5.41) is 7.82. The molecule has 0 bridgehead atoms. The molecule has 88 valence electrons. The highest BCUT2D eigenvalue weighted by atomic mass is 79.9. The Morgan fingerprint density at radius 1 is 1.62 bits per heavy atom. The van der Waals surface area contributed by atoms with Crippen LogP contribution in [0, 0.1) is 0 Å². The van der Waals surface area contributed by atoms with Gasteiger partial charge in [-0.1, -0.05) is 15.9 Å². The van der Waals surface area contributed by atoms with Crippen molar-refractivity contribution in [1.29, 1.82) is 0 Å². The summed E-state index contributed by atoms with van der Waals surface area (Å²) in [6.07, 6.45) is 2.17. The van der Waals surface area contributed by atoms with Crippen LogP contribution in [0.3, 0.4) is 0 Å². The number of nitrogens with zero attached hydrogens (tertiary/aromatic N) is 2. The first-order valence-electron chi connectivity index (χ1n) is 5.25. The van der Waals surface area contributed by atoms with Crippen LogP contribution in [0.4, 0.5) is 0 Å². The maximum Gasteiger partial charge on any atom is 0.332 e. The number of hydrogen-bond donors (Lipinski definition) is 0. The lowest BCUT2D eigenvalue weighted by molar-refractivity contribution is -0.146. The highest BCUT2D eigenvalue weighted by Crippen LogP contribution is 2.41. The predicted octanol–water partition coefficient (Wildman–Crippen LogP) is 2.12. The van der Waals surface area contributed by atoms with Crippen molar-refractivity contribution in [3.05, 3.63) is 11.8 Å². The molecule has 0 saturated heterocycles. The molecule has 5 nitrogen and oxygen atoms in total. The van der Waals surface area contributed by atoms with Crippen LogP contribution in [0.2, 0.25) is 0 Å². The Hall–Kier alpha value is -0.910. The van der Waals surface area contributed by atoms with Gasteiger partial charge in [-0.05, 0) is 26.7 Å². The van der Waals surface area contributed by atoms with Crippen LogP contribution in [0.25, 0.3) is 0 Å². The van der Waals surface area contributed by atoms with Crippen molar-refractivity contribution in [3.63, 3.8) is 0 Å². The monoisotopic (exact) mass is 288 g/mol. The van der Waals surface area contributed by atoms with Gasteiger partial charge in [-0.3, -0.25) is 0 Å². The standard InChI is InChI=1S/C10H13BrN2O3/c1-3-15-9(14)10(2,11)8-13-12-7(16-8)6-4-5-6/h6H,3-5H2,1-2H3/t10-/m0/s1. The van der Waals surface area contributed by atoms with E-state index in [9.17, 15) is 4.79 Å². The summed E-state index contributed by atoms with van der Waals surface area (Å²) in [6, 6.07) is 0. The van der Waals surface area contributed by atoms with Crippen molar-refractivity contribution in [1.82, 2.24) is 10.2 Å². The highest BCUT2D eigenvalue weighted by molar-refractivity contribution is 9.10. The molecule has 1 aliphatic carbocycles. The van der Waals surface area contributed by atoms with E-state index in [1.165, 1.54) is 0 Å². The molecule has 1 aliphatic rings. The van der Waals surface area contributed by atoms with Gasteiger partial charge in [-0.2, -0.15) is 0 Å². The van der Waals surface area contributed by atoms with E-state index in [0.29, 0.717) is 18.4 Å². The molecule has 0 amide bonds. The van der Waals surface area contributed by atoms with Crippen molar-refractivity contribution < 1.29 is 13.9 Å². The smallest absolute Gasteiger partial charge is 0.332 e. The summed E-state index contributed by atoms with van der Waals surface area (Å²) in [5.74, 6) is 0.838. The van der Waals surface area contributed by atoms with E-state index in [1.54, 1.807) is 13.8 Å². The number of hydrogen-bond acceptors (Lipinski definition) is 5. The van der Waals surface area contributed by atoms with Gasteiger partial charge in [0.2, 0.25) is 11.8 Å². The third kappa shape index (κ3) is 2.11. The van der Waals surface area contributed by atoms with Gasteiger partial charge in [0.15, 0.2) is 4.32 Å². The fraction of sp³-hybridized carbons (Fsp3) is 0.700. The molecule has 1 heterocycles. The van der Waals surface area contributed by atoms with Gasteiger partial charge >= 0.3 is 5.97 Å². The Kier molecular flexibility index (Phi) is 3.01. The van der Waals surface area contributed by atoms with E-state index < -0.39 is 10.3 Å². The number of esters is 1. The van der Waals surface area contributed by atoms with Crippen molar-refractivity contribution in [2.45, 2.75) is 36.9 Å². The molecule has 1 aromatic heterocycles. The summed E-state index contributed by atoms with van der Waals surface area (Å²) in [5.41, 5.74) is 0. The van der Waals surface area contributed by atoms with Gasteiger partial charge in [0.1, 0.15) is 0 Å². The molecule has 1 atom stereocenters. The fourth-order valence-corrected chi connectivity index (χ4v) is 1.55. The van der Waals surface area contributed by atoms with E-state index in [4.69, 9.17) is 9.15 Å². The Bertz CT molecular complexity index is 399. The van der Waals surface area contributed by atoms with Crippen LogP contribution in [0.5, 0.6) is 0 Å². The average Bonchev–Trinajstić information content (AvgIpc) is 2.96. The van der Waals surface area contributed by atoms with Crippen LogP contribution in [0.1, 0.15) is 44.4 Å². The Labute approximate surface area is 102 Å². The van der Waals surface area contributed by atoms with Crippen LogP contribution in [-0.4, -0.2) is 22.8 Å². The Balaban J connectivity index is 2.16. The zero-order valence-electron chi connectivity index (χ0n) is 9.20. The minimum atomic E-state index is -1.05. The van der Waals surface area contributed by atoms with Gasteiger partial charge in [-0.15, -0.1) is 10.2 Å². The molecule has 1 fully saturated rings. The number of rotatable bonds is 4. The molecule has 0 N–H and O–H groups in total. The Morgan fingerprint density at radius 3 is 2.88 bits per heavy atom. The van der Waals surface area contributed by atoms with Crippen molar-refractivity contribution >= 4 is 21.9 Å². The molecular formula is C10H13BrN2O3. The van der Waals surface area contributed by atoms with Crippen LogP contribution >= 0.6 is 15.9 Å². The van der Waals surface area contributed by atoms with E-state index in [2.05, 4.69) is 26.1 Å². The van der Waals surface area contributed by atoms with Gasteiger partial charge in [-0.25, -0.2) is 4.79 Å². The zero-order chi connectivity index (χ0) is 11.8. The number of carbonyl (C=O) groups excluding carboxylic acids is 1. The molecule has 0 radical (unpaired) electrons. The fourth-order valence-electron chi connectivity index (χ4n) is 1.27. The van der Waals surface area contributed by atoms with Crippen LogP contribution < -0.4 is 0 Å². The SMILES string of the molecule is CCOC(=O)[C@@](C)(Br)c1nnc(C2CC2)o1. The number of ether oxygens (including phenoxy) is 1. The molecule has 2 rings (SSSR count). The average molecular weight is 289 g/mol. The van der Waals surface area contributed by atoms with Crippen molar-refractivity contribution in [3.8, 4) is 0 Å². The first-order valence-corrected chi connectivity index (χ1v) is 6.05.